The average Bonchev–Trinajstić information content (AvgIpc) is 3.53. The molecule has 0 unspecified atom stereocenters. The smallest absolute Gasteiger partial charge is 0.407 e. The van der Waals surface area contributed by atoms with E-state index >= 15 is 0 Å². The molecule has 3 aromatic carbocycles. The minimum atomic E-state index is -0.606. The minimum absolute atomic E-state index is 0.185. The second-order valence-electron chi connectivity index (χ2n) is 10.5. The van der Waals surface area contributed by atoms with Gasteiger partial charge >= 0.3 is 12.1 Å². The molecule has 0 spiro atoms. The van der Waals surface area contributed by atoms with Gasteiger partial charge in [-0.1, -0.05) is 48.5 Å². The van der Waals surface area contributed by atoms with Crippen molar-refractivity contribution in [3.05, 3.63) is 76.7 Å². The van der Waals surface area contributed by atoms with Crippen molar-refractivity contribution in [2.45, 2.75) is 59.1 Å². The normalized spacial score (nSPS) is 13.5. The highest BCUT2D eigenvalue weighted by molar-refractivity contribution is 7.19. The van der Waals surface area contributed by atoms with Gasteiger partial charge < -0.3 is 14.8 Å². The van der Waals surface area contributed by atoms with Gasteiger partial charge in [-0.2, -0.15) is 0 Å². The zero-order chi connectivity index (χ0) is 26.9. The largest absolute Gasteiger partial charge is 0.462 e. The first-order valence-electron chi connectivity index (χ1n) is 13.2. The van der Waals surface area contributed by atoms with Crippen molar-refractivity contribution in [2.75, 3.05) is 6.61 Å². The van der Waals surface area contributed by atoms with Crippen LogP contribution in [0.5, 0.6) is 0 Å². The lowest BCUT2D eigenvalue weighted by Gasteiger charge is -2.19. The number of benzene rings is 3. The number of hydrogen-bond acceptors (Lipinski definition) is 5. The van der Waals surface area contributed by atoms with Gasteiger partial charge in [-0.05, 0) is 92.1 Å². The van der Waals surface area contributed by atoms with Crippen molar-refractivity contribution in [2.24, 2.45) is 0 Å². The molecule has 0 saturated heterocycles. The molecule has 1 N–H and O–H groups in total. The van der Waals surface area contributed by atoms with Crippen molar-refractivity contribution < 1.29 is 19.1 Å². The van der Waals surface area contributed by atoms with Crippen LogP contribution in [-0.4, -0.2) is 24.3 Å². The molecule has 5 nitrogen and oxygen atoms in total. The summed E-state index contributed by atoms with van der Waals surface area (Å²) in [5.41, 5.74) is 4.71. The SMILES string of the molecule is CCOC(=O)c1c(CNC(=O)OC(C)(C)C)sc2cc(-c3cccc4ccccc34)c(C3=CCCC3)cc12. The van der Waals surface area contributed by atoms with E-state index in [1.54, 1.807) is 6.92 Å². The van der Waals surface area contributed by atoms with Crippen LogP contribution in [0.1, 0.15) is 67.8 Å². The number of thiophene rings is 1. The Bertz CT molecular complexity index is 1550. The fourth-order valence-electron chi connectivity index (χ4n) is 5.08. The molecule has 4 aromatic rings. The van der Waals surface area contributed by atoms with E-state index in [4.69, 9.17) is 9.47 Å². The summed E-state index contributed by atoms with van der Waals surface area (Å²) in [6, 6.07) is 19.2. The van der Waals surface area contributed by atoms with E-state index in [1.165, 1.54) is 33.2 Å². The van der Waals surface area contributed by atoms with Crippen molar-refractivity contribution in [3.8, 4) is 11.1 Å². The van der Waals surface area contributed by atoms with Crippen LogP contribution in [0.4, 0.5) is 4.79 Å². The van der Waals surface area contributed by atoms with E-state index in [0.29, 0.717) is 5.56 Å². The van der Waals surface area contributed by atoms with Crippen molar-refractivity contribution in [3.63, 3.8) is 0 Å². The van der Waals surface area contributed by atoms with E-state index in [0.717, 1.165) is 45.4 Å². The highest BCUT2D eigenvalue weighted by Gasteiger charge is 2.25. The number of carbonyl (C=O) groups is 2. The van der Waals surface area contributed by atoms with E-state index in [-0.39, 0.29) is 19.1 Å². The first-order valence-corrected chi connectivity index (χ1v) is 14.0. The highest BCUT2D eigenvalue weighted by atomic mass is 32.1. The van der Waals surface area contributed by atoms with E-state index < -0.39 is 11.7 Å². The maximum atomic E-state index is 13.2. The summed E-state index contributed by atoms with van der Waals surface area (Å²) in [7, 11) is 0. The predicted octanol–water partition coefficient (Wildman–Crippen LogP) is 8.49. The van der Waals surface area contributed by atoms with Gasteiger partial charge in [0.1, 0.15) is 5.60 Å². The summed E-state index contributed by atoms with van der Waals surface area (Å²) in [5, 5.41) is 6.08. The lowest BCUT2D eigenvalue weighted by atomic mass is 9.89. The third-order valence-corrected chi connectivity index (χ3v) is 7.79. The quantitative estimate of drug-likeness (QED) is 0.255. The van der Waals surface area contributed by atoms with Crippen LogP contribution in [0.25, 0.3) is 37.6 Å². The monoisotopic (exact) mass is 527 g/mol. The summed E-state index contributed by atoms with van der Waals surface area (Å²) in [4.78, 5) is 26.4. The van der Waals surface area contributed by atoms with Crippen LogP contribution >= 0.6 is 11.3 Å². The number of amides is 1. The van der Waals surface area contributed by atoms with Gasteiger partial charge in [0.2, 0.25) is 0 Å². The molecule has 1 aliphatic carbocycles. The Balaban J connectivity index is 1.68. The van der Waals surface area contributed by atoms with Crippen molar-refractivity contribution in [1.82, 2.24) is 5.32 Å². The van der Waals surface area contributed by atoms with Crippen molar-refractivity contribution >= 4 is 49.8 Å². The second-order valence-corrected chi connectivity index (χ2v) is 11.7. The number of fused-ring (bicyclic) bond motifs is 2. The summed E-state index contributed by atoms with van der Waals surface area (Å²) in [6.45, 7) is 7.74. The molecule has 0 aliphatic heterocycles. The molecule has 1 heterocycles. The zero-order valence-corrected chi connectivity index (χ0v) is 23.2. The Kier molecular flexibility index (Phi) is 7.26. The Morgan fingerprint density at radius 2 is 1.76 bits per heavy atom. The molecule has 196 valence electrons. The zero-order valence-electron chi connectivity index (χ0n) is 22.4. The summed E-state index contributed by atoms with van der Waals surface area (Å²) < 4.78 is 11.9. The van der Waals surface area contributed by atoms with E-state index in [2.05, 4.69) is 66.0 Å². The predicted molar refractivity (Wildman–Crippen MR) is 156 cm³/mol. The highest BCUT2D eigenvalue weighted by Crippen LogP contribution is 2.43. The van der Waals surface area contributed by atoms with Crippen LogP contribution in [0.15, 0.2) is 60.7 Å². The van der Waals surface area contributed by atoms with Crippen LogP contribution in [0.2, 0.25) is 0 Å². The molecule has 0 saturated carbocycles. The number of esters is 1. The van der Waals surface area contributed by atoms with E-state index in [1.807, 2.05) is 20.8 Å². The van der Waals surface area contributed by atoms with Gasteiger partial charge in [-0.25, -0.2) is 9.59 Å². The molecular formula is C32H33NO4S. The number of ether oxygens (including phenoxy) is 2. The third-order valence-electron chi connectivity index (χ3n) is 6.64. The van der Waals surface area contributed by atoms with Gasteiger partial charge in [-0.15, -0.1) is 11.3 Å². The molecule has 0 radical (unpaired) electrons. The second kappa shape index (κ2) is 10.6. The number of nitrogens with one attached hydrogen (secondary N) is 1. The van der Waals surface area contributed by atoms with E-state index in [9.17, 15) is 9.59 Å². The van der Waals surface area contributed by atoms with Crippen LogP contribution in [-0.2, 0) is 16.0 Å². The Morgan fingerprint density at radius 3 is 2.50 bits per heavy atom. The number of hydrogen-bond donors (Lipinski definition) is 1. The lowest BCUT2D eigenvalue weighted by molar-refractivity contribution is 0.0505. The maximum absolute atomic E-state index is 13.2. The number of alkyl carbamates (subject to hydrolysis) is 1. The van der Waals surface area contributed by atoms with Crippen LogP contribution < -0.4 is 5.32 Å². The summed E-state index contributed by atoms with van der Waals surface area (Å²) in [6.07, 6.45) is 4.99. The van der Waals surface area contributed by atoms with Crippen LogP contribution in [0, 0.1) is 0 Å². The Morgan fingerprint density at radius 1 is 0.974 bits per heavy atom. The molecule has 6 heteroatoms. The molecule has 1 aliphatic rings. The lowest BCUT2D eigenvalue weighted by Crippen LogP contribution is -2.32. The first kappa shape index (κ1) is 26.0. The standard InChI is InChI=1S/C32H33NO4S/c1-5-36-30(34)29-26-17-24(21-12-6-7-13-21)25(23-16-10-14-20-11-8-9-15-22(20)23)18-27(26)38-28(29)19-33-31(35)37-32(2,3)4/h8-12,14-18H,5-7,13,19H2,1-4H3,(H,33,35). The van der Waals surface area contributed by atoms with Crippen LogP contribution in [0.3, 0.4) is 0 Å². The van der Waals surface area contributed by atoms with Gasteiger partial charge in [-0.3, -0.25) is 0 Å². The molecule has 0 atom stereocenters. The molecular weight excluding hydrogens is 494 g/mol. The van der Waals surface area contributed by atoms with Crippen molar-refractivity contribution in [1.29, 1.82) is 0 Å². The average molecular weight is 528 g/mol. The van der Waals surface area contributed by atoms with Gasteiger partial charge in [0.05, 0.1) is 18.7 Å². The van der Waals surface area contributed by atoms with Gasteiger partial charge in [0.25, 0.3) is 0 Å². The van der Waals surface area contributed by atoms with Gasteiger partial charge in [0, 0.05) is 15.0 Å². The Hall–Kier alpha value is -3.64. The number of rotatable bonds is 6. The minimum Gasteiger partial charge on any atom is -0.462 e. The molecule has 5 rings (SSSR count). The van der Waals surface area contributed by atoms with Gasteiger partial charge in [0.15, 0.2) is 0 Å². The Labute approximate surface area is 227 Å². The fourth-order valence-corrected chi connectivity index (χ4v) is 6.23. The fraction of sp³-hybridized carbons (Fsp3) is 0.312. The number of carbonyl (C=O) groups excluding carboxylic acids is 2. The summed E-state index contributed by atoms with van der Waals surface area (Å²) in [5.74, 6) is -0.371. The first-order chi connectivity index (χ1) is 18.2. The molecule has 1 amide bonds. The maximum Gasteiger partial charge on any atom is 0.407 e. The number of allylic oxidation sites excluding steroid dienone is 2. The molecule has 0 bridgehead atoms. The molecule has 38 heavy (non-hydrogen) atoms. The molecule has 0 fully saturated rings. The molecule has 1 aromatic heterocycles. The third kappa shape index (κ3) is 5.32. The summed E-state index contributed by atoms with van der Waals surface area (Å²) >= 11 is 1.51. The topological polar surface area (TPSA) is 64.6 Å².